The fraction of sp³-hybridized carbons (Fsp3) is 0.692. The van der Waals surface area contributed by atoms with Crippen molar-refractivity contribution in [1.82, 2.24) is 5.43 Å². The van der Waals surface area contributed by atoms with Crippen LogP contribution in [0.2, 0.25) is 0 Å². The third kappa shape index (κ3) is 4.62. The molecule has 1 fully saturated rings. The first-order chi connectivity index (χ1) is 8.38. The van der Waals surface area contributed by atoms with Crippen LogP contribution in [-0.4, -0.2) is 17.0 Å². The second kappa shape index (κ2) is 7.41. The number of rotatable bonds is 7. The summed E-state index contributed by atoms with van der Waals surface area (Å²) < 4.78 is 0. The Bertz CT molecular complexity index is 294. The molecule has 1 unspecified atom stereocenters. The van der Waals surface area contributed by atoms with Crippen LogP contribution >= 0.6 is 23.1 Å². The highest BCUT2D eigenvalue weighted by Gasteiger charge is 2.17. The Hall–Kier alpha value is -0.0300. The van der Waals surface area contributed by atoms with Crippen LogP contribution in [0.25, 0.3) is 0 Å². The number of aryl methyl sites for hydroxylation is 1. The zero-order valence-electron chi connectivity index (χ0n) is 10.2. The van der Waals surface area contributed by atoms with Crippen LogP contribution in [0.4, 0.5) is 0 Å². The Labute approximate surface area is 112 Å². The third-order valence-corrected chi connectivity index (χ3v) is 5.70. The van der Waals surface area contributed by atoms with Gasteiger partial charge in [0, 0.05) is 17.0 Å². The summed E-state index contributed by atoms with van der Waals surface area (Å²) in [6, 6.07) is 2.67. The Kier molecular flexibility index (Phi) is 5.85. The van der Waals surface area contributed by atoms with Crippen molar-refractivity contribution in [2.45, 2.75) is 49.8 Å². The lowest BCUT2D eigenvalue weighted by atomic mass is 10.1. The number of thioether (sulfide) groups is 1. The molecular weight excluding hydrogens is 248 g/mol. The monoisotopic (exact) mass is 270 g/mol. The maximum absolute atomic E-state index is 5.64. The predicted molar refractivity (Wildman–Crippen MR) is 78.5 cm³/mol. The van der Waals surface area contributed by atoms with E-state index in [1.54, 1.807) is 11.3 Å². The zero-order valence-corrected chi connectivity index (χ0v) is 11.9. The summed E-state index contributed by atoms with van der Waals surface area (Å²) >= 11 is 3.89. The minimum Gasteiger partial charge on any atom is -0.271 e. The van der Waals surface area contributed by atoms with Crippen molar-refractivity contribution in [3.05, 3.63) is 22.4 Å². The minimum atomic E-state index is 0.459. The number of hydrogen-bond donors (Lipinski definition) is 2. The van der Waals surface area contributed by atoms with E-state index in [1.807, 2.05) is 0 Å². The van der Waals surface area contributed by atoms with Crippen molar-refractivity contribution in [2.75, 3.05) is 5.75 Å². The second-order valence-corrected chi connectivity index (χ2v) is 6.89. The van der Waals surface area contributed by atoms with E-state index in [1.165, 1.54) is 31.2 Å². The van der Waals surface area contributed by atoms with E-state index in [0.717, 1.165) is 23.8 Å². The summed E-state index contributed by atoms with van der Waals surface area (Å²) in [7, 11) is 0. The SMILES string of the molecule is NNC(CCc1ccsc1)CSC1CCCC1. The third-order valence-electron chi connectivity index (χ3n) is 3.43. The van der Waals surface area contributed by atoms with Gasteiger partial charge in [-0.1, -0.05) is 12.8 Å². The van der Waals surface area contributed by atoms with E-state index in [4.69, 9.17) is 5.84 Å². The molecule has 4 heteroatoms. The molecule has 0 radical (unpaired) electrons. The molecule has 0 spiro atoms. The number of thiophene rings is 1. The summed E-state index contributed by atoms with van der Waals surface area (Å²) in [4.78, 5) is 0. The van der Waals surface area contributed by atoms with Gasteiger partial charge < -0.3 is 0 Å². The molecule has 1 aromatic rings. The lowest BCUT2D eigenvalue weighted by molar-refractivity contribution is 0.538. The van der Waals surface area contributed by atoms with Crippen molar-refractivity contribution in [3.63, 3.8) is 0 Å². The van der Waals surface area contributed by atoms with Crippen LogP contribution in [0, 0.1) is 0 Å². The van der Waals surface area contributed by atoms with Crippen molar-refractivity contribution in [3.8, 4) is 0 Å². The molecule has 1 aliphatic rings. The molecular formula is C13H22N2S2. The van der Waals surface area contributed by atoms with E-state index in [2.05, 4.69) is 34.0 Å². The van der Waals surface area contributed by atoms with E-state index in [0.29, 0.717) is 6.04 Å². The van der Waals surface area contributed by atoms with Gasteiger partial charge in [0.1, 0.15) is 0 Å². The standard InChI is InChI=1S/C13H22N2S2/c14-15-12(6-5-11-7-8-16-9-11)10-17-13-3-1-2-4-13/h7-9,12-13,15H,1-6,10,14H2. The minimum absolute atomic E-state index is 0.459. The van der Waals surface area contributed by atoms with Crippen molar-refractivity contribution in [1.29, 1.82) is 0 Å². The lowest BCUT2D eigenvalue weighted by Gasteiger charge is -2.17. The summed E-state index contributed by atoms with van der Waals surface area (Å²) in [5, 5.41) is 5.28. The lowest BCUT2D eigenvalue weighted by Crippen LogP contribution is -2.37. The van der Waals surface area contributed by atoms with Gasteiger partial charge in [0.2, 0.25) is 0 Å². The summed E-state index contributed by atoms with van der Waals surface area (Å²) in [5.41, 5.74) is 4.42. The topological polar surface area (TPSA) is 38.0 Å². The van der Waals surface area contributed by atoms with Gasteiger partial charge in [-0.05, 0) is 48.1 Å². The molecule has 0 aromatic carbocycles. The molecule has 1 aromatic heterocycles. The number of hydrogen-bond acceptors (Lipinski definition) is 4. The molecule has 0 aliphatic heterocycles. The molecule has 1 heterocycles. The normalized spacial score (nSPS) is 18.6. The molecule has 2 rings (SSSR count). The van der Waals surface area contributed by atoms with Gasteiger partial charge in [-0.15, -0.1) is 0 Å². The van der Waals surface area contributed by atoms with Crippen LogP contribution < -0.4 is 11.3 Å². The Morgan fingerprint density at radius 1 is 1.47 bits per heavy atom. The quantitative estimate of drug-likeness (QED) is 0.590. The highest BCUT2D eigenvalue weighted by molar-refractivity contribution is 7.99. The average Bonchev–Trinajstić information content (AvgIpc) is 3.02. The predicted octanol–water partition coefficient (Wildman–Crippen LogP) is 3.19. The van der Waals surface area contributed by atoms with E-state index >= 15 is 0 Å². The maximum atomic E-state index is 5.64. The Morgan fingerprint density at radius 3 is 2.94 bits per heavy atom. The highest BCUT2D eigenvalue weighted by atomic mass is 32.2. The summed E-state index contributed by atoms with van der Waals surface area (Å²) in [6.07, 6.45) is 7.95. The van der Waals surface area contributed by atoms with E-state index in [-0.39, 0.29) is 0 Å². The molecule has 2 nitrogen and oxygen atoms in total. The molecule has 3 N–H and O–H groups in total. The molecule has 1 aliphatic carbocycles. The van der Waals surface area contributed by atoms with Crippen LogP contribution in [0.5, 0.6) is 0 Å². The zero-order chi connectivity index (χ0) is 11.9. The second-order valence-electron chi connectivity index (χ2n) is 4.77. The van der Waals surface area contributed by atoms with Gasteiger partial charge in [0.05, 0.1) is 0 Å². The number of hydrazine groups is 1. The molecule has 96 valence electrons. The fourth-order valence-electron chi connectivity index (χ4n) is 2.30. The molecule has 1 saturated carbocycles. The number of nitrogens with two attached hydrogens (primary N) is 1. The van der Waals surface area contributed by atoms with Crippen molar-refractivity contribution >= 4 is 23.1 Å². The number of nitrogens with one attached hydrogen (secondary N) is 1. The van der Waals surface area contributed by atoms with Crippen LogP contribution in [-0.2, 0) is 6.42 Å². The van der Waals surface area contributed by atoms with Gasteiger partial charge in [-0.25, -0.2) is 0 Å². The van der Waals surface area contributed by atoms with Gasteiger partial charge in [0.25, 0.3) is 0 Å². The Balaban J connectivity index is 1.65. The van der Waals surface area contributed by atoms with Crippen molar-refractivity contribution < 1.29 is 0 Å². The molecule has 0 saturated heterocycles. The first-order valence-electron chi connectivity index (χ1n) is 6.47. The smallest absolute Gasteiger partial charge is 0.0304 e. The highest BCUT2D eigenvalue weighted by Crippen LogP contribution is 2.30. The molecule has 0 bridgehead atoms. The first kappa shape index (κ1) is 13.4. The summed E-state index contributed by atoms with van der Waals surface area (Å²) in [6.45, 7) is 0. The largest absolute Gasteiger partial charge is 0.271 e. The van der Waals surface area contributed by atoms with Crippen LogP contribution in [0.3, 0.4) is 0 Å². The van der Waals surface area contributed by atoms with Gasteiger partial charge >= 0.3 is 0 Å². The van der Waals surface area contributed by atoms with Gasteiger partial charge in [-0.2, -0.15) is 23.1 Å². The van der Waals surface area contributed by atoms with Gasteiger partial charge in [-0.3, -0.25) is 11.3 Å². The molecule has 1 atom stereocenters. The summed E-state index contributed by atoms with van der Waals surface area (Å²) in [5.74, 6) is 6.79. The van der Waals surface area contributed by atoms with E-state index < -0.39 is 0 Å². The first-order valence-corrected chi connectivity index (χ1v) is 8.46. The van der Waals surface area contributed by atoms with Gasteiger partial charge in [0.15, 0.2) is 0 Å². The average molecular weight is 270 g/mol. The van der Waals surface area contributed by atoms with Crippen LogP contribution in [0.1, 0.15) is 37.7 Å². The Morgan fingerprint density at radius 2 is 2.29 bits per heavy atom. The fourth-order valence-corrected chi connectivity index (χ4v) is 4.44. The van der Waals surface area contributed by atoms with Crippen molar-refractivity contribution in [2.24, 2.45) is 5.84 Å². The maximum Gasteiger partial charge on any atom is 0.0304 e. The van der Waals surface area contributed by atoms with Crippen LogP contribution in [0.15, 0.2) is 16.8 Å². The van der Waals surface area contributed by atoms with E-state index in [9.17, 15) is 0 Å². The molecule has 17 heavy (non-hydrogen) atoms. The molecule has 0 amide bonds.